The zero-order chi connectivity index (χ0) is 10.5. The Labute approximate surface area is 80.6 Å². The topological polar surface area (TPSA) is 52.3 Å². The Hall–Kier alpha value is -0.570. The van der Waals surface area contributed by atoms with E-state index in [1.54, 1.807) is 6.92 Å². The largest absolute Gasteiger partial charge is 0.464 e. The molecule has 0 spiro atoms. The lowest BCUT2D eigenvalue weighted by atomic mass is 9.90. The fraction of sp³-hybridized carbons (Fsp3) is 0.900. The summed E-state index contributed by atoms with van der Waals surface area (Å²) in [7, 11) is 0. The van der Waals surface area contributed by atoms with Gasteiger partial charge in [-0.05, 0) is 19.3 Å². The molecule has 3 nitrogen and oxygen atoms in total. The van der Waals surface area contributed by atoms with Gasteiger partial charge >= 0.3 is 5.97 Å². The molecule has 13 heavy (non-hydrogen) atoms. The first-order valence-corrected chi connectivity index (χ1v) is 4.89. The minimum Gasteiger partial charge on any atom is -0.464 e. The van der Waals surface area contributed by atoms with Crippen LogP contribution in [-0.2, 0) is 9.53 Å². The number of carbonyl (C=O) groups excluding carboxylic acids is 1. The number of esters is 1. The van der Waals surface area contributed by atoms with E-state index < -0.39 is 5.54 Å². The molecule has 0 aliphatic carbocycles. The van der Waals surface area contributed by atoms with Gasteiger partial charge < -0.3 is 10.5 Å². The molecule has 0 unspecified atom stereocenters. The van der Waals surface area contributed by atoms with Crippen molar-refractivity contribution < 1.29 is 9.53 Å². The lowest BCUT2D eigenvalue weighted by Gasteiger charge is -2.26. The summed E-state index contributed by atoms with van der Waals surface area (Å²) >= 11 is 0. The van der Waals surface area contributed by atoms with E-state index >= 15 is 0 Å². The Morgan fingerprint density at radius 1 is 1.54 bits per heavy atom. The Balaban J connectivity index is 3.95. The number of carbonyl (C=O) groups is 1. The van der Waals surface area contributed by atoms with Crippen molar-refractivity contribution in [2.45, 2.75) is 46.1 Å². The van der Waals surface area contributed by atoms with Crippen molar-refractivity contribution in [2.24, 2.45) is 11.7 Å². The Bertz CT molecular complexity index is 164. The zero-order valence-corrected chi connectivity index (χ0v) is 9.09. The van der Waals surface area contributed by atoms with Crippen molar-refractivity contribution in [3.05, 3.63) is 0 Å². The minimum atomic E-state index is -0.853. The maximum Gasteiger partial charge on any atom is 0.326 e. The lowest BCUT2D eigenvalue weighted by Crippen LogP contribution is -2.50. The van der Waals surface area contributed by atoms with Gasteiger partial charge in [0.05, 0.1) is 6.61 Å². The molecule has 3 heteroatoms. The van der Waals surface area contributed by atoms with Gasteiger partial charge in [-0.15, -0.1) is 0 Å². The molecule has 78 valence electrons. The van der Waals surface area contributed by atoms with Crippen LogP contribution >= 0.6 is 0 Å². The van der Waals surface area contributed by atoms with Gasteiger partial charge in [-0.2, -0.15) is 0 Å². The third-order valence-electron chi connectivity index (χ3n) is 2.37. The number of unbranched alkanes of at least 4 members (excludes halogenated alkanes) is 1. The molecule has 0 bridgehead atoms. The van der Waals surface area contributed by atoms with Gasteiger partial charge in [-0.1, -0.05) is 27.2 Å². The SMILES string of the molecule is CCCCOC(=O)[C@@](C)(N)C(C)C. The van der Waals surface area contributed by atoms with Crippen molar-refractivity contribution in [2.75, 3.05) is 6.61 Å². The quantitative estimate of drug-likeness (QED) is 0.526. The maximum atomic E-state index is 11.4. The van der Waals surface area contributed by atoms with Gasteiger partial charge in [-0.3, -0.25) is 4.79 Å². The molecule has 0 aliphatic heterocycles. The second-order valence-electron chi connectivity index (χ2n) is 3.93. The lowest BCUT2D eigenvalue weighted by molar-refractivity contribution is -0.151. The third-order valence-corrected chi connectivity index (χ3v) is 2.37. The van der Waals surface area contributed by atoms with E-state index in [2.05, 4.69) is 6.92 Å². The first kappa shape index (κ1) is 12.4. The second kappa shape index (κ2) is 5.22. The predicted molar refractivity (Wildman–Crippen MR) is 53.3 cm³/mol. The van der Waals surface area contributed by atoms with Crippen molar-refractivity contribution in [1.29, 1.82) is 0 Å². The molecule has 0 aromatic carbocycles. The molecule has 0 amide bonds. The minimum absolute atomic E-state index is 0.0987. The summed E-state index contributed by atoms with van der Waals surface area (Å²) < 4.78 is 5.04. The van der Waals surface area contributed by atoms with Crippen LogP contribution in [0.4, 0.5) is 0 Å². The Morgan fingerprint density at radius 2 is 2.08 bits per heavy atom. The molecular formula is C10H21NO2. The van der Waals surface area contributed by atoms with Gasteiger partial charge in [0.1, 0.15) is 5.54 Å². The van der Waals surface area contributed by atoms with Crippen LogP contribution in [0.1, 0.15) is 40.5 Å². The normalized spacial score (nSPS) is 15.5. The summed E-state index contributed by atoms with van der Waals surface area (Å²) in [5, 5.41) is 0. The summed E-state index contributed by atoms with van der Waals surface area (Å²) in [5.74, 6) is -0.197. The Morgan fingerprint density at radius 3 is 2.46 bits per heavy atom. The third kappa shape index (κ3) is 3.77. The molecule has 0 radical (unpaired) electrons. The molecule has 2 N–H and O–H groups in total. The molecule has 0 saturated heterocycles. The molecule has 0 aliphatic rings. The molecule has 0 aromatic heterocycles. The average molecular weight is 187 g/mol. The highest BCUT2D eigenvalue weighted by molar-refractivity contribution is 5.80. The summed E-state index contributed by atoms with van der Waals surface area (Å²) in [6.45, 7) is 8.08. The van der Waals surface area contributed by atoms with Gasteiger partial charge in [0, 0.05) is 0 Å². The van der Waals surface area contributed by atoms with E-state index in [0.29, 0.717) is 6.61 Å². The van der Waals surface area contributed by atoms with Crippen LogP contribution in [0.3, 0.4) is 0 Å². The van der Waals surface area contributed by atoms with E-state index in [1.807, 2.05) is 13.8 Å². The van der Waals surface area contributed by atoms with Crippen molar-refractivity contribution in [3.8, 4) is 0 Å². The number of ether oxygens (including phenoxy) is 1. The monoisotopic (exact) mass is 187 g/mol. The first-order valence-electron chi connectivity index (χ1n) is 4.89. The van der Waals surface area contributed by atoms with Crippen molar-refractivity contribution in [1.82, 2.24) is 0 Å². The summed E-state index contributed by atoms with van der Waals surface area (Å²) in [4.78, 5) is 11.4. The maximum absolute atomic E-state index is 11.4. The van der Waals surface area contributed by atoms with Crippen molar-refractivity contribution >= 4 is 5.97 Å². The van der Waals surface area contributed by atoms with E-state index in [-0.39, 0.29) is 11.9 Å². The predicted octanol–water partition coefficient (Wildman–Crippen LogP) is 1.70. The smallest absolute Gasteiger partial charge is 0.326 e. The standard InChI is InChI=1S/C10H21NO2/c1-5-6-7-13-9(12)10(4,11)8(2)3/h8H,5-7,11H2,1-4H3/t10-/m0/s1. The molecule has 0 aromatic rings. The highest BCUT2D eigenvalue weighted by Gasteiger charge is 2.33. The van der Waals surface area contributed by atoms with Gasteiger partial charge in [0.25, 0.3) is 0 Å². The molecule has 0 fully saturated rings. The van der Waals surface area contributed by atoms with Crippen LogP contribution in [0, 0.1) is 5.92 Å². The molecular weight excluding hydrogens is 166 g/mol. The van der Waals surface area contributed by atoms with Crippen LogP contribution < -0.4 is 5.73 Å². The number of rotatable bonds is 5. The van der Waals surface area contributed by atoms with Crippen LogP contribution in [0.15, 0.2) is 0 Å². The van der Waals surface area contributed by atoms with Crippen LogP contribution in [0.2, 0.25) is 0 Å². The van der Waals surface area contributed by atoms with Gasteiger partial charge in [0.2, 0.25) is 0 Å². The second-order valence-corrected chi connectivity index (χ2v) is 3.93. The Kier molecular flexibility index (Phi) is 4.99. The fourth-order valence-electron chi connectivity index (χ4n) is 0.700. The summed E-state index contributed by atoms with van der Waals surface area (Å²) in [6.07, 6.45) is 1.93. The first-order chi connectivity index (χ1) is 5.92. The van der Waals surface area contributed by atoms with E-state index in [9.17, 15) is 4.79 Å². The summed E-state index contributed by atoms with van der Waals surface area (Å²) in [5.41, 5.74) is 4.96. The number of nitrogens with two attached hydrogens (primary N) is 1. The highest BCUT2D eigenvalue weighted by Crippen LogP contribution is 2.14. The average Bonchev–Trinajstić information content (AvgIpc) is 2.04. The molecule has 0 saturated carbocycles. The highest BCUT2D eigenvalue weighted by atomic mass is 16.5. The fourth-order valence-corrected chi connectivity index (χ4v) is 0.700. The van der Waals surface area contributed by atoms with Crippen LogP contribution in [-0.4, -0.2) is 18.1 Å². The number of hydrogen-bond acceptors (Lipinski definition) is 3. The van der Waals surface area contributed by atoms with E-state index in [0.717, 1.165) is 12.8 Å². The van der Waals surface area contributed by atoms with Crippen molar-refractivity contribution in [3.63, 3.8) is 0 Å². The van der Waals surface area contributed by atoms with E-state index in [1.165, 1.54) is 0 Å². The van der Waals surface area contributed by atoms with Crippen LogP contribution in [0.5, 0.6) is 0 Å². The summed E-state index contributed by atoms with van der Waals surface area (Å²) in [6, 6.07) is 0. The van der Waals surface area contributed by atoms with Gasteiger partial charge in [0.15, 0.2) is 0 Å². The zero-order valence-electron chi connectivity index (χ0n) is 9.09. The molecule has 0 heterocycles. The molecule has 0 rings (SSSR count). The van der Waals surface area contributed by atoms with Crippen LogP contribution in [0.25, 0.3) is 0 Å². The number of hydrogen-bond donors (Lipinski definition) is 1. The van der Waals surface area contributed by atoms with E-state index in [4.69, 9.17) is 10.5 Å². The molecule has 1 atom stereocenters. The van der Waals surface area contributed by atoms with Gasteiger partial charge in [-0.25, -0.2) is 0 Å².